The monoisotopic (exact) mass is 265 g/mol. The van der Waals surface area contributed by atoms with E-state index < -0.39 is 5.91 Å². The van der Waals surface area contributed by atoms with Gasteiger partial charge < -0.3 is 21.5 Å². The number of hydrogen-bond acceptors (Lipinski definition) is 4. The molecular weight excluding hydrogens is 246 g/mol. The number of primary amides is 1. The largest absolute Gasteiger partial charge is 0.482 e. The molecule has 0 aliphatic heterocycles. The number of carbonyl (C=O) groups excluding carboxylic acids is 2. The summed E-state index contributed by atoms with van der Waals surface area (Å²) in [5.74, 6) is -0.425. The van der Waals surface area contributed by atoms with Crippen LogP contribution in [0.4, 0.5) is 5.69 Å². The van der Waals surface area contributed by atoms with E-state index in [0.717, 1.165) is 12.8 Å². The highest BCUT2D eigenvalue weighted by atomic mass is 16.5. The number of nitrogens with two attached hydrogens (primary N) is 2. The molecular formula is C13H19N3O3. The molecule has 5 N–H and O–H groups in total. The summed E-state index contributed by atoms with van der Waals surface area (Å²) in [6, 6.07) is 4.65. The predicted molar refractivity (Wildman–Crippen MR) is 72.8 cm³/mol. The first-order valence-electron chi connectivity index (χ1n) is 6.13. The van der Waals surface area contributed by atoms with E-state index in [4.69, 9.17) is 16.2 Å². The van der Waals surface area contributed by atoms with Crippen molar-refractivity contribution in [3.63, 3.8) is 0 Å². The van der Waals surface area contributed by atoms with Crippen molar-refractivity contribution < 1.29 is 14.3 Å². The molecule has 2 amide bonds. The minimum atomic E-state index is -0.583. The number of rotatable bonds is 7. The minimum absolute atomic E-state index is 0.179. The smallest absolute Gasteiger partial charge is 0.255 e. The van der Waals surface area contributed by atoms with Crippen LogP contribution in [0.5, 0.6) is 5.75 Å². The molecule has 0 saturated carbocycles. The average Bonchev–Trinajstić information content (AvgIpc) is 2.37. The van der Waals surface area contributed by atoms with E-state index >= 15 is 0 Å². The number of amides is 2. The number of hydrogen-bond donors (Lipinski definition) is 3. The Morgan fingerprint density at radius 2 is 2.11 bits per heavy atom. The molecule has 0 saturated heterocycles. The van der Waals surface area contributed by atoms with Crippen LogP contribution < -0.4 is 21.5 Å². The van der Waals surface area contributed by atoms with Gasteiger partial charge in [0, 0.05) is 12.1 Å². The summed E-state index contributed by atoms with van der Waals surface area (Å²) in [7, 11) is 0. The Morgan fingerprint density at radius 1 is 1.37 bits per heavy atom. The third-order valence-corrected chi connectivity index (χ3v) is 2.46. The Hall–Kier alpha value is -2.24. The highest BCUT2D eigenvalue weighted by Gasteiger charge is 2.09. The quantitative estimate of drug-likeness (QED) is 0.497. The fraction of sp³-hybridized carbons (Fsp3) is 0.385. The number of unbranched alkanes of at least 4 members (excludes halogenated alkanes) is 1. The second-order valence-electron chi connectivity index (χ2n) is 4.12. The van der Waals surface area contributed by atoms with Crippen molar-refractivity contribution >= 4 is 17.5 Å². The number of benzene rings is 1. The van der Waals surface area contributed by atoms with E-state index in [-0.39, 0.29) is 12.5 Å². The normalized spacial score (nSPS) is 9.95. The van der Waals surface area contributed by atoms with Gasteiger partial charge in [-0.1, -0.05) is 13.3 Å². The lowest BCUT2D eigenvalue weighted by atomic mass is 10.1. The van der Waals surface area contributed by atoms with Crippen molar-refractivity contribution in [1.29, 1.82) is 0 Å². The third-order valence-electron chi connectivity index (χ3n) is 2.46. The van der Waals surface area contributed by atoms with Crippen molar-refractivity contribution in [2.24, 2.45) is 5.73 Å². The van der Waals surface area contributed by atoms with Crippen LogP contribution in [-0.2, 0) is 4.79 Å². The van der Waals surface area contributed by atoms with E-state index in [2.05, 4.69) is 12.2 Å². The summed E-state index contributed by atoms with van der Waals surface area (Å²) < 4.78 is 5.10. The molecule has 19 heavy (non-hydrogen) atoms. The van der Waals surface area contributed by atoms with Gasteiger partial charge in [0.1, 0.15) is 5.75 Å². The Bertz CT molecular complexity index is 460. The molecule has 0 atom stereocenters. The summed E-state index contributed by atoms with van der Waals surface area (Å²) in [6.07, 6.45) is 1.95. The van der Waals surface area contributed by atoms with Crippen LogP contribution in [0.2, 0.25) is 0 Å². The van der Waals surface area contributed by atoms with Gasteiger partial charge in [0.25, 0.3) is 11.8 Å². The average molecular weight is 265 g/mol. The molecule has 104 valence electrons. The predicted octanol–water partition coefficient (Wildman–Crippen LogP) is 0.663. The summed E-state index contributed by atoms with van der Waals surface area (Å²) in [5, 5.41) is 2.79. The van der Waals surface area contributed by atoms with Gasteiger partial charge in [0.15, 0.2) is 6.61 Å². The molecule has 0 unspecified atom stereocenters. The fourth-order valence-electron chi connectivity index (χ4n) is 1.45. The van der Waals surface area contributed by atoms with Gasteiger partial charge in [-0.15, -0.1) is 0 Å². The maximum absolute atomic E-state index is 11.8. The van der Waals surface area contributed by atoms with Crippen LogP contribution in [0, 0.1) is 0 Å². The first-order valence-corrected chi connectivity index (χ1v) is 6.13. The van der Waals surface area contributed by atoms with Crippen LogP contribution in [0.3, 0.4) is 0 Å². The Balaban J connectivity index is 2.65. The zero-order valence-electron chi connectivity index (χ0n) is 10.9. The molecule has 0 fully saturated rings. The number of nitrogen functional groups attached to an aromatic ring is 1. The van der Waals surface area contributed by atoms with Crippen LogP contribution in [0.1, 0.15) is 30.1 Å². The lowest BCUT2D eigenvalue weighted by Crippen LogP contribution is -2.24. The molecule has 0 aliphatic carbocycles. The number of carbonyl (C=O) groups is 2. The van der Waals surface area contributed by atoms with Crippen molar-refractivity contribution in [2.45, 2.75) is 19.8 Å². The molecule has 6 nitrogen and oxygen atoms in total. The number of nitrogens with one attached hydrogen (secondary N) is 1. The highest BCUT2D eigenvalue weighted by Crippen LogP contribution is 2.22. The molecule has 0 heterocycles. The number of anilines is 1. The van der Waals surface area contributed by atoms with Crippen molar-refractivity contribution in [3.05, 3.63) is 23.8 Å². The second kappa shape index (κ2) is 7.25. The Morgan fingerprint density at radius 3 is 2.68 bits per heavy atom. The Labute approximate surface area is 112 Å². The summed E-state index contributed by atoms with van der Waals surface area (Å²) in [4.78, 5) is 22.4. The third kappa shape index (κ3) is 4.87. The van der Waals surface area contributed by atoms with E-state index in [0.29, 0.717) is 23.5 Å². The van der Waals surface area contributed by atoms with Crippen LogP contribution >= 0.6 is 0 Å². The molecule has 0 spiro atoms. The first-order chi connectivity index (χ1) is 9.04. The standard InChI is InChI=1S/C13H19N3O3/c1-2-3-6-16-13(18)9-4-5-11(10(14)7-9)19-8-12(15)17/h4-5,7H,2-3,6,8,14H2,1H3,(H2,15,17)(H,16,18). The van der Waals surface area contributed by atoms with Gasteiger partial charge in [0.2, 0.25) is 0 Å². The molecule has 0 aliphatic rings. The van der Waals surface area contributed by atoms with Crippen LogP contribution in [-0.4, -0.2) is 25.0 Å². The van der Waals surface area contributed by atoms with E-state index in [1.165, 1.54) is 6.07 Å². The zero-order valence-corrected chi connectivity index (χ0v) is 10.9. The molecule has 0 radical (unpaired) electrons. The second-order valence-corrected chi connectivity index (χ2v) is 4.12. The summed E-state index contributed by atoms with van der Waals surface area (Å²) >= 11 is 0. The highest BCUT2D eigenvalue weighted by molar-refractivity contribution is 5.95. The molecule has 0 aromatic heterocycles. The number of ether oxygens (including phenoxy) is 1. The molecule has 1 aromatic rings. The summed E-state index contributed by atoms with van der Waals surface area (Å²) in [6.45, 7) is 2.44. The van der Waals surface area contributed by atoms with Crippen LogP contribution in [0.25, 0.3) is 0 Å². The van der Waals surface area contributed by atoms with Gasteiger partial charge in [-0.2, -0.15) is 0 Å². The van der Waals surface area contributed by atoms with Crippen molar-refractivity contribution in [2.75, 3.05) is 18.9 Å². The van der Waals surface area contributed by atoms with E-state index in [1.807, 2.05) is 0 Å². The van der Waals surface area contributed by atoms with Gasteiger partial charge in [-0.3, -0.25) is 9.59 Å². The lowest BCUT2D eigenvalue weighted by molar-refractivity contribution is -0.119. The SMILES string of the molecule is CCCCNC(=O)c1ccc(OCC(N)=O)c(N)c1. The van der Waals surface area contributed by atoms with Crippen molar-refractivity contribution in [1.82, 2.24) is 5.32 Å². The fourth-order valence-corrected chi connectivity index (χ4v) is 1.45. The Kier molecular flexibility index (Phi) is 5.66. The zero-order chi connectivity index (χ0) is 14.3. The first kappa shape index (κ1) is 14.8. The van der Waals surface area contributed by atoms with Gasteiger partial charge >= 0.3 is 0 Å². The topological polar surface area (TPSA) is 107 Å². The minimum Gasteiger partial charge on any atom is -0.482 e. The molecule has 0 bridgehead atoms. The summed E-state index contributed by atoms with van der Waals surface area (Å²) in [5.41, 5.74) is 11.5. The van der Waals surface area contributed by atoms with Gasteiger partial charge in [-0.05, 0) is 24.6 Å². The van der Waals surface area contributed by atoms with E-state index in [1.54, 1.807) is 12.1 Å². The van der Waals surface area contributed by atoms with Gasteiger partial charge in [0.05, 0.1) is 5.69 Å². The van der Waals surface area contributed by atoms with E-state index in [9.17, 15) is 9.59 Å². The maximum atomic E-state index is 11.8. The molecule has 1 rings (SSSR count). The maximum Gasteiger partial charge on any atom is 0.255 e. The molecule has 6 heteroatoms. The van der Waals surface area contributed by atoms with Crippen LogP contribution in [0.15, 0.2) is 18.2 Å². The van der Waals surface area contributed by atoms with Gasteiger partial charge in [-0.25, -0.2) is 0 Å². The lowest BCUT2D eigenvalue weighted by Gasteiger charge is -2.09. The molecule has 1 aromatic carbocycles. The van der Waals surface area contributed by atoms with Crippen molar-refractivity contribution in [3.8, 4) is 5.75 Å².